The van der Waals surface area contributed by atoms with Crippen LogP contribution >= 0.6 is 0 Å². The van der Waals surface area contributed by atoms with Crippen LogP contribution in [0.2, 0.25) is 0 Å². The highest BCUT2D eigenvalue weighted by Crippen LogP contribution is 2.19. The Bertz CT molecular complexity index is 532. The third kappa shape index (κ3) is 2.93. The second-order valence-corrected chi connectivity index (χ2v) is 4.07. The van der Waals surface area contributed by atoms with E-state index in [1.807, 2.05) is 0 Å². The second kappa shape index (κ2) is 5.55. The van der Waals surface area contributed by atoms with Crippen molar-refractivity contribution in [2.45, 2.75) is 26.9 Å². The Kier molecular flexibility index (Phi) is 4.31. The first kappa shape index (κ1) is 14.7. The van der Waals surface area contributed by atoms with Crippen molar-refractivity contribution in [1.29, 1.82) is 0 Å². The van der Waals surface area contributed by atoms with Crippen LogP contribution in [0.25, 0.3) is 0 Å². The predicted molar refractivity (Wildman–Crippen MR) is 65.7 cm³/mol. The number of aromatic nitrogens is 1. The van der Waals surface area contributed by atoms with Gasteiger partial charge in [0.05, 0.1) is 12.7 Å². The van der Waals surface area contributed by atoms with Crippen LogP contribution < -0.4 is 5.73 Å². The monoisotopic (exact) mass is 268 g/mol. The molecule has 1 rings (SSSR count). The molecule has 0 aliphatic heterocycles. The van der Waals surface area contributed by atoms with Gasteiger partial charge in [-0.3, -0.25) is 4.79 Å². The van der Waals surface area contributed by atoms with Crippen molar-refractivity contribution < 1.29 is 23.9 Å². The van der Waals surface area contributed by atoms with E-state index < -0.39 is 23.9 Å². The van der Waals surface area contributed by atoms with E-state index in [1.54, 1.807) is 13.8 Å². The summed E-state index contributed by atoms with van der Waals surface area (Å²) in [5, 5.41) is 0. The number of aromatic amines is 1. The topological polar surface area (TPSA) is 111 Å². The Hall–Kier alpha value is -2.31. The molecule has 1 aromatic rings. The summed E-state index contributed by atoms with van der Waals surface area (Å²) in [6.07, 6.45) is -1.04. The van der Waals surface area contributed by atoms with E-state index in [1.165, 1.54) is 14.0 Å². The van der Waals surface area contributed by atoms with Gasteiger partial charge in [-0.05, 0) is 26.3 Å². The first-order valence-electron chi connectivity index (χ1n) is 5.57. The Morgan fingerprint density at radius 1 is 1.21 bits per heavy atom. The fourth-order valence-electron chi connectivity index (χ4n) is 1.64. The SMILES string of the molecule is COC(=O)c1c(C)[nH]c(C(=O)OC(C)C(N)=O)c1C. The maximum absolute atomic E-state index is 11.8. The van der Waals surface area contributed by atoms with Crippen LogP contribution in [-0.4, -0.2) is 36.0 Å². The third-order valence-corrected chi connectivity index (χ3v) is 2.72. The fraction of sp³-hybridized carbons (Fsp3) is 0.417. The Morgan fingerprint density at radius 2 is 1.79 bits per heavy atom. The molecule has 104 valence electrons. The summed E-state index contributed by atoms with van der Waals surface area (Å²) in [5.41, 5.74) is 6.28. The number of aryl methyl sites for hydroxylation is 1. The van der Waals surface area contributed by atoms with E-state index in [-0.39, 0.29) is 11.3 Å². The minimum absolute atomic E-state index is 0.103. The van der Waals surface area contributed by atoms with E-state index >= 15 is 0 Å². The largest absolute Gasteiger partial charge is 0.465 e. The van der Waals surface area contributed by atoms with Crippen LogP contribution in [-0.2, 0) is 14.3 Å². The molecule has 3 N–H and O–H groups in total. The van der Waals surface area contributed by atoms with Crippen molar-refractivity contribution in [3.05, 3.63) is 22.5 Å². The van der Waals surface area contributed by atoms with Gasteiger partial charge in [0, 0.05) is 5.69 Å². The molecule has 1 atom stereocenters. The quantitative estimate of drug-likeness (QED) is 0.770. The number of nitrogens with one attached hydrogen (secondary N) is 1. The van der Waals surface area contributed by atoms with Crippen LogP contribution in [0.4, 0.5) is 0 Å². The molecule has 0 saturated heterocycles. The van der Waals surface area contributed by atoms with Crippen molar-refractivity contribution >= 4 is 17.8 Å². The van der Waals surface area contributed by atoms with Crippen molar-refractivity contribution in [1.82, 2.24) is 4.98 Å². The second-order valence-electron chi connectivity index (χ2n) is 4.07. The molecule has 0 bridgehead atoms. The van der Waals surface area contributed by atoms with Gasteiger partial charge >= 0.3 is 11.9 Å². The first-order valence-corrected chi connectivity index (χ1v) is 5.57. The molecule has 0 radical (unpaired) electrons. The highest BCUT2D eigenvalue weighted by Gasteiger charge is 2.25. The molecule has 0 aromatic carbocycles. The van der Waals surface area contributed by atoms with Gasteiger partial charge in [0.15, 0.2) is 6.10 Å². The number of primary amides is 1. The van der Waals surface area contributed by atoms with Crippen molar-refractivity contribution in [2.24, 2.45) is 5.73 Å². The van der Waals surface area contributed by atoms with Crippen LogP contribution in [0.1, 0.15) is 39.0 Å². The maximum atomic E-state index is 11.8. The van der Waals surface area contributed by atoms with Crippen LogP contribution in [0.15, 0.2) is 0 Å². The highest BCUT2D eigenvalue weighted by molar-refractivity contribution is 5.99. The molecule has 1 aromatic heterocycles. The van der Waals surface area contributed by atoms with E-state index in [0.29, 0.717) is 11.3 Å². The zero-order valence-electron chi connectivity index (χ0n) is 11.2. The number of rotatable bonds is 4. The molecule has 0 spiro atoms. The Balaban J connectivity index is 3.06. The van der Waals surface area contributed by atoms with E-state index in [0.717, 1.165) is 0 Å². The maximum Gasteiger partial charge on any atom is 0.355 e. The Labute approximate surface area is 110 Å². The average molecular weight is 268 g/mol. The number of H-pyrrole nitrogens is 1. The minimum atomic E-state index is -1.04. The summed E-state index contributed by atoms with van der Waals surface area (Å²) in [5.74, 6) is -2.04. The molecule has 0 aliphatic carbocycles. The standard InChI is InChI=1S/C12H16N2O5/c1-5-8(11(16)18-4)6(2)14-9(5)12(17)19-7(3)10(13)15/h7,14H,1-4H3,(H2,13,15). The molecule has 19 heavy (non-hydrogen) atoms. The summed E-state index contributed by atoms with van der Waals surface area (Å²) >= 11 is 0. The fourth-order valence-corrected chi connectivity index (χ4v) is 1.64. The van der Waals surface area contributed by atoms with Crippen LogP contribution in [0.3, 0.4) is 0 Å². The molecule has 1 heterocycles. The number of carbonyl (C=O) groups is 3. The van der Waals surface area contributed by atoms with Gasteiger partial charge in [0.2, 0.25) is 0 Å². The average Bonchev–Trinajstić information content (AvgIpc) is 2.63. The van der Waals surface area contributed by atoms with Gasteiger partial charge in [-0.2, -0.15) is 0 Å². The number of esters is 2. The smallest absolute Gasteiger partial charge is 0.355 e. The zero-order valence-corrected chi connectivity index (χ0v) is 11.2. The van der Waals surface area contributed by atoms with Gasteiger partial charge in [-0.25, -0.2) is 9.59 Å². The predicted octanol–water partition coefficient (Wildman–Crippen LogP) is 0.449. The summed E-state index contributed by atoms with van der Waals surface area (Å²) in [6.45, 7) is 4.58. The number of carbonyl (C=O) groups excluding carboxylic acids is 3. The lowest BCUT2D eigenvalue weighted by molar-refractivity contribution is -0.125. The number of hydrogen-bond donors (Lipinski definition) is 2. The summed E-state index contributed by atoms with van der Waals surface area (Å²) in [6, 6.07) is 0. The third-order valence-electron chi connectivity index (χ3n) is 2.72. The number of amides is 1. The van der Waals surface area contributed by atoms with Crippen molar-refractivity contribution in [2.75, 3.05) is 7.11 Å². The molecule has 7 heteroatoms. The number of hydrogen-bond acceptors (Lipinski definition) is 5. The zero-order chi connectivity index (χ0) is 14.7. The normalized spacial score (nSPS) is 11.8. The number of nitrogens with two attached hydrogens (primary N) is 1. The van der Waals surface area contributed by atoms with Gasteiger partial charge < -0.3 is 20.2 Å². The summed E-state index contributed by atoms with van der Waals surface area (Å²) in [4.78, 5) is 37.0. The van der Waals surface area contributed by atoms with Gasteiger partial charge in [-0.1, -0.05) is 0 Å². The first-order chi connectivity index (χ1) is 8.79. The lowest BCUT2D eigenvalue weighted by Gasteiger charge is -2.09. The molecule has 0 saturated carbocycles. The molecule has 7 nitrogen and oxygen atoms in total. The van der Waals surface area contributed by atoms with Gasteiger partial charge in [0.1, 0.15) is 5.69 Å². The van der Waals surface area contributed by atoms with E-state index in [4.69, 9.17) is 10.5 Å². The van der Waals surface area contributed by atoms with E-state index in [2.05, 4.69) is 9.72 Å². The molecule has 1 unspecified atom stereocenters. The van der Waals surface area contributed by atoms with Gasteiger partial charge in [-0.15, -0.1) is 0 Å². The minimum Gasteiger partial charge on any atom is -0.465 e. The summed E-state index contributed by atoms with van der Waals surface area (Å²) in [7, 11) is 1.25. The van der Waals surface area contributed by atoms with Crippen LogP contribution in [0, 0.1) is 13.8 Å². The van der Waals surface area contributed by atoms with Gasteiger partial charge in [0.25, 0.3) is 5.91 Å². The lowest BCUT2D eigenvalue weighted by atomic mass is 10.1. The van der Waals surface area contributed by atoms with Crippen molar-refractivity contribution in [3.63, 3.8) is 0 Å². The molecule has 1 amide bonds. The van der Waals surface area contributed by atoms with E-state index in [9.17, 15) is 14.4 Å². The molecule has 0 aliphatic rings. The van der Waals surface area contributed by atoms with Crippen molar-refractivity contribution in [3.8, 4) is 0 Å². The number of ether oxygens (including phenoxy) is 2. The van der Waals surface area contributed by atoms with Crippen LogP contribution in [0.5, 0.6) is 0 Å². The highest BCUT2D eigenvalue weighted by atomic mass is 16.5. The number of methoxy groups -OCH3 is 1. The molecule has 0 fully saturated rings. The Morgan fingerprint density at radius 3 is 2.26 bits per heavy atom. The molecular weight excluding hydrogens is 252 g/mol. The summed E-state index contributed by atoms with van der Waals surface area (Å²) < 4.78 is 9.49. The molecular formula is C12H16N2O5. The lowest BCUT2D eigenvalue weighted by Crippen LogP contribution is -2.30.